The van der Waals surface area contributed by atoms with Crippen molar-refractivity contribution < 1.29 is 69.3 Å². The smallest absolute Gasteiger partial charge is 0.317 e. The molecule has 0 heterocycles. The predicted octanol–water partition coefficient (Wildman–Crippen LogP) is 1.49. The van der Waals surface area contributed by atoms with Crippen molar-refractivity contribution in [3.63, 3.8) is 0 Å². The molecule has 63 heavy (non-hydrogen) atoms. The lowest BCUT2D eigenvalue weighted by Gasteiger charge is -2.63. The SMILES string of the molecule is CC(CCC(=O)O)[C@H]1CCC2C3C(O)CC4C[C@@H](NC(=O)CCCCCNC(=O)CN(CCN(CCN(CC(=O)O)CC(=O)O)CC(=O)O)CC(=O)O)CC[C@]4(C)C3C[C@H](O)[C@@]21C. The maximum Gasteiger partial charge on any atom is 0.317 e. The average molecular weight is 896 g/mol. The molecule has 4 rings (SSSR count). The van der Waals surface area contributed by atoms with Crippen molar-refractivity contribution >= 4 is 41.7 Å². The number of amides is 2. The number of carbonyl (C=O) groups excluding carboxylic acids is 2. The molecule has 358 valence electrons. The lowest BCUT2D eigenvalue weighted by molar-refractivity contribution is -0.202. The fourth-order valence-electron chi connectivity index (χ4n) is 12.2. The Kier molecular flexibility index (Phi) is 19.2. The molecule has 9 N–H and O–H groups in total. The highest BCUT2D eigenvalue weighted by molar-refractivity contribution is 5.79. The van der Waals surface area contributed by atoms with Gasteiger partial charge in [0.1, 0.15) is 0 Å². The van der Waals surface area contributed by atoms with E-state index in [2.05, 4.69) is 31.4 Å². The fourth-order valence-corrected chi connectivity index (χ4v) is 12.2. The van der Waals surface area contributed by atoms with Crippen molar-refractivity contribution in [2.45, 2.75) is 122 Å². The third-order valence-electron chi connectivity index (χ3n) is 15.4. The first kappa shape index (κ1) is 51.7. The summed E-state index contributed by atoms with van der Waals surface area (Å²) in [4.78, 5) is 86.3. The topological polar surface area (TPSA) is 295 Å². The third-order valence-corrected chi connectivity index (χ3v) is 15.4. The van der Waals surface area contributed by atoms with Crippen LogP contribution < -0.4 is 10.6 Å². The zero-order chi connectivity index (χ0) is 46.6. The molecule has 0 radical (unpaired) electrons. The van der Waals surface area contributed by atoms with Gasteiger partial charge in [-0.15, -0.1) is 0 Å². The lowest BCUT2D eigenvalue weighted by atomic mass is 9.43. The van der Waals surface area contributed by atoms with Gasteiger partial charge >= 0.3 is 29.8 Å². The van der Waals surface area contributed by atoms with Crippen molar-refractivity contribution in [3.8, 4) is 0 Å². The summed E-state index contributed by atoms with van der Waals surface area (Å²) in [5.74, 6) is -5.10. The van der Waals surface area contributed by atoms with Crippen LogP contribution in [-0.2, 0) is 33.6 Å². The molecule has 2 amide bonds. The van der Waals surface area contributed by atoms with Crippen molar-refractivity contribution in [1.82, 2.24) is 25.3 Å². The van der Waals surface area contributed by atoms with Crippen LogP contribution in [-0.4, -0.2) is 176 Å². The van der Waals surface area contributed by atoms with Gasteiger partial charge in [0.05, 0.1) is 44.9 Å². The Morgan fingerprint density at radius 1 is 0.635 bits per heavy atom. The molecule has 19 heteroatoms. The van der Waals surface area contributed by atoms with Crippen molar-refractivity contribution in [1.29, 1.82) is 0 Å². The molecular formula is C44H73N5O14. The maximum absolute atomic E-state index is 13.1. The van der Waals surface area contributed by atoms with Crippen molar-refractivity contribution in [2.75, 3.05) is 65.4 Å². The second-order valence-electron chi connectivity index (χ2n) is 19.5. The van der Waals surface area contributed by atoms with E-state index < -0.39 is 74.1 Å². The van der Waals surface area contributed by atoms with Gasteiger partial charge in [-0.2, -0.15) is 0 Å². The molecule has 6 unspecified atom stereocenters. The van der Waals surface area contributed by atoms with E-state index in [0.717, 1.165) is 37.0 Å². The first-order chi connectivity index (χ1) is 29.6. The van der Waals surface area contributed by atoms with Crippen molar-refractivity contribution in [3.05, 3.63) is 0 Å². The van der Waals surface area contributed by atoms with Crippen LogP contribution in [0.5, 0.6) is 0 Å². The van der Waals surface area contributed by atoms with Crippen molar-refractivity contribution in [2.24, 2.45) is 46.3 Å². The van der Waals surface area contributed by atoms with Crippen LogP contribution in [0.15, 0.2) is 0 Å². The summed E-state index contributed by atoms with van der Waals surface area (Å²) in [6.45, 7) is 4.56. The second kappa shape index (κ2) is 23.3. The van der Waals surface area contributed by atoms with E-state index in [1.807, 2.05) is 0 Å². The van der Waals surface area contributed by atoms with E-state index in [-0.39, 0.29) is 97.4 Å². The maximum atomic E-state index is 13.1. The van der Waals surface area contributed by atoms with Crippen LogP contribution in [0.2, 0.25) is 0 Å². The number of carboxylic acid groups (broad SMARTS) is 5. The number of nitrogens with one attached hydrogen (secondary N) is 2. The van der Waals surface area contributed by atoms with Gasteiger partial charge in [0.2, 0.25) is 11.8 Å². The molecule has 4 aliphatic rings. The fraction of sp³-hybridized carbons (Fsp3) is 0.841. The summed E-state index contributed by atoms with van der Waals surface area (Å²) in [5, 5.41) is 75.8. The molecule has 4 aliphatic carbocycles. The van der Waals surface area contributed by atoms with E-state index in [1.54, 1.807) is 0 Å². The molecule has 11 atom stereocenters. The number of aliphatic hydroxyl groups excluding tert-OH is 2. The number of aliphatic hydroxyl groups is 2. The largest absolute Gasteiger partial charge is 0.481 e. The first-order valence-corrected chi connectivity index (χ1v) is 22.8. The molecule has 4 fully saturated rings. The monoisotopic (exact) mass is 896 g/mol. The molecule has 19 nitrogen and oxygen atoms in total. The van der Waals surface area contributed by atoms with Crippen LogP contribution in [0.3, 0.4) is 0 Å². The number of nitrogens with zero attached hydrogens (tertiary/aromatic N) is 3. The first-order valence-electron chi connectivity index (χ1n) is 22.8. The van der Waals surface area contributed by atoms with Gasteiger partial charge in [0.15, 0.2) is 0 Å². The van der Waals surface area contributed by atoms with Gasteiger partial charge in [-0.25, -0.2) is 0 Å². The van der Waals surface area contributed by atoms with Crippen LogP contribution in [0, 0.1) is 46.3 Å². The number of fused-ring (bicyclic) bond motifs is 5. The minimum absolute atomic E-state index is 0.00291. The number of hydrogen-bond acceptors (Lipinski definition) is 12. The number of carbonyl (C=O) groups is 7. The number of hydrogen-bond donors (Lipinski definition) is 9. The second-order valence-corrected chi connectivity index (χ2v) is 19.5. The minimum Gasteiger partial charge on any atom is -0.481 e. The lowest BCUT2D eigenvalue weighted by Crippen LogP contribution is -2.63. The Morgan fingerprint density at radius 2 is 1.21 bits per heavy atom. The molecule has 0 bridgehead atoms. The van der Waals surface area contributed by atoms with Gasteiger partial charge in [0.25, 0.3) is 0 Å². The number of aliphatic carboxylic acids is 5. The quantitative estimate of drug-likeness (QED) is 0.0528. The number of rotatable bonds is 27. The average Bonchev–Trinajstić information content (AvgIpc) is 3.54. The van der Waals surface area contributed by atoms with Gasteiger partial charge in [-0.3, -0.25) is 48.3 Å². The van der Waals surface area contributed by atoms with E-state index in [1.165, 1.54) is 9.80 Å². The molecule has 4 saturated carbocycles. The van der Waals surface area contributed by atoms with Crippen LogP contribution in [0.25, 0.3) is 0 Å². The minimum atomic E-state index is -1.24. The summed E-state index contributed by atoms with van der Waals surface area (Å²) in [7, 11) is 0. The molecule has 0 spiro atoms. The van der Waals surface area contributed by atoms with Gasteiger partial charge in [0, 0.05) is 51.6 Å². The Balaban J connectivity index is 1.17. The zero-order valence-electron chi connectivity index (χ0n) is 37.3. The standard InChI is InChI=1S/C44H73N5O14/c1-27(8-11-37(54)55)30-9-10-31-42-32(21-34(51)44(30,31)3)43(2)13-12-29(19-28(43)20-33(42)50)46-35(52)7-5-4-6-14-45-36(53)22-48(24-39(58)59)17-15-47(23-38(56)57)16-18-49(25-40(60)61)26-41(62)63/h27-34,42,50-51H,4-26H2,1-3H3,(H,45,53)(H,46,52)(H,54,55)(H,56,57)(H,58,59)(H,60,61)(H,62,63)/t27?,28?,29-,30+,31?,32?,33?,34-,42?,43-,44+/m0/s1. The summed E-state index contributed by atoms with van der Waals surface area (Å²) in [6, 6.07) is -0.00291. The van der Waals surface area contributed by atoms with E-state index in [4.69, 9.17) is 10.2 Å². The summed E-state index contributed by atoms with van der Waals surface area (Å²) in [5.41, 5.74) is -0.418. The molecular weight excluding hydrogens is 823 g/mol. The Hall–Kier alpha value is -3.91. The molecule has 0 saturated heterocycles. The predicted molar refractivity (Wildman–Crippen MR) is 227 cm³/mol. The summed E-state index contributed by atoms with van der Waals surface area (Å²) >= 11 is 0. The van der Waals surface area contributed by atoms with E-state index in [9.17, 15) is 59.1 Å². The normalized spacial score (nSPS) is 30.5. The van der Waals surface area contributed by atoms with Gasteiger partial charge < -0.3 is 46.4 Å². The van der Waals surface area contributed by atoms with Crippen LogP contribution in [0.1, 0.15) is 104 Å². The Morgan fingerprint density at radius 3 is 1.79 bits per heavy atom. The summed E-state index contributed by atoms with van der Waals surface area (Å²) in [6.07, 6.45) is 7.54. The summed E-state index contributed by atoms with van der Waals surface area (Å²) < 4.78 is 0. The van der Waals surface area contributed by atoms with Gasteiger partial charge in [-0.05, 0) is 111 Å². The highest BCUT2D eigenvalue weighted by atomic mass is 16.4. The zero-order valence-corrected chi connectivity index (χ0v) is 37.3. The number of unbranched alkanes of at least 4 members (excludes halogenated alkanes) is 2. The van der Waals surface area contributed by atoms with Crippen LogP contribution >= 0.6 is 0 Å². The molecule has 0 aromatic carbocycles. The molecule has 0 aromatic rings. The molecule has 0 aliphatic heterocycles. The molecule has 0 aromatic heterocycles. The van der Waals surface area contributed by atoms with E-state index in [0.29, 0.717) is 51.5 Å². The highest BCUT2D eigenvalue weighted by Crippen LogP contribution is 2.68. The highest BCUT2D eigenvalue weighted by Gasteiger charge is 2.65. The van der Waals surface area contributed by atoms with Gasteiger partial charge in [-0.1, -0.05) is 27.2 Å². The van der Waals surface area contributed by atoms with Crippen LogP contribution in [0.4, 0.5) is 0 Å². The third kappa shape index (κ3) is 14.3. The number of carboxylic acids is 5. The Labute approximate surface area is 369 Å². The Bertz CT molecular complexity index is 1600. The van der Waals surface area contributed by atoms with E-state index >= 15 is 0 Å².